The second kappa shape index (κ2) is 10.6. The van der Waals surface area contributed by atoms with Crippen molar-refractivity contribution >= 4 is 11.9 Å². The Morgan fingerprint density at radius 1 is 0.970 bits per heavy atom. The summed E-state index contributed by atoms with van der Waals surface area (Å²) in [6.45, 7) is 4.58. The number of alkyl halides is 6. The van der Waals surface area contributed by atoms with Gasteiger partial charge in [-0.25, -0.2) is 14.6 Å². The number of hydrogen-bond donors (Lipinski definition) is 2. The minimum Gasteiger partial charge on any atom is -0.475 e. The van der Waals surface area contributed by atoms with Crippen LogP contribution in [0.1, 0.15) is 11.4 Å². The maximum Gasteiger partial charge on any atom is 0.490 e. The van der Waals surface area contributed by atoms with Gasteiger partial charge >= 0.3 is 24.3 Å². The van der Waals surface area contributed by atoms with Crippen molar-refractivity contribution in [3.05, 3.63) is 48.3 Å². The van der Waals surface area contributed by atoms with E-state index in [0.29, 0.717) is 0 Å². The zero-order valence-electron chi connectivity index (χ0n) is 16.9. The number of fused-ring (bicyclic) bond motifs is 2. The standard InChI is InChI=1S/C15H18N4.2C2HF3O2/c1-2-12(7-16-3-1)8-18-9-13-6-15-17-4-5-19(15)11-14(13)10-18;2*3-2(4,5)1(6)7/h1-5,7,13-14H,6,8-11H2;2*(H,6,7). The summed E-state index contributed by atoms with van der Waals surface area (Å²) in [5.41, 5.74) is 1.32. The molecule has 0 radical (unpaired) electrons. The molecule has 2 unspecified atom stereocenters. The molecular weight excluding hydrogens is 462 g/mol. The first-order chi connectivity index (χ1) is 15.3. The molecule has 182 valence electrons. The molecule has 8 nitrogen and oxygen atoms in total. The van der Waals surface area contributed by atoms with E-state index in [9.17, 15) is 26.3 Å². The maximum atomic E-state index is 10.6. The average molecular weight is 482 g/mol. The Hall–Kier alpha value is -3.16. The number of hydrogen-bond acceptors (Lipinski definition) is 5. The van der Waals surface area contributed by atoms with Gasteiger partial charge in [-0.3, -0.25) is 9.88 Å². The van der Waals surface area contributed by atoms with Crippen LogP contribution in [0.3, 0.4) is 0 Å². The molecule has 2 N–H and O–H groups in total. The van der Waals surface area contributed by atoms with Crippen molar-refractivity contribution in [2.45, 2.75) is 31.9 Å². The Morgan fingerprint density at radius 2 is 1.55 bits per heavy atom. The van der Waals surface area contributed by atoms with E-state index in [1.807, 2.05) is 24.7 Å². The summed E-state index contributed by atoms with van der Waals surface area (Å²) in [5.74, 6) is -2.67. The van der Waals surface area contributed by atoms with Crippen molar-refractivity contribution in [1.82, 2.24) is 19.4 Å². The number of imidazole rings is 1. The molecule has 4 heterocycles. The van der Waals surface area contributed by atoms with E-state index in [-0.39, 0.29) is 0 Å². The highest BCUT2D eigenvalue weighted by atomic mass is 19.4. The highest BCUT2D eigenvalue weighted by Crippen LogP contribution is 2.32. The fourth-order valence-corrected chi connectivity index (χ4v) is 3.54. The minimum absolute atomic E-state index is 0.784. The van der Waals surface area contributed by atoms with Gasteiger partial charge in [-0.2, -0.15) is 26.3 Å². The second-order valence-electron chi connectivity index (χ2n) is 7.38. The zero-order valence-corrected chi connectivity index (χ0v) is 16.9. The summed E-state index contributed by atoms with van der Waals surface area (Å²) in [4.78, 5) is 29.0. The van der Waals surface area contributed by atoms with E-state index in [1.165, 1.54) is 24.5 Å². The van der Waals surface area contributed by atoms with Crippen molar-refractivity contribution in [2.75, 3.05) is 13.1 Å². The molecular formula is C19H20F6N4O4. The number of carboxylic acid groups (broad SMARTS) is 2. The number of carbonyl (C=O) groups is 2. The van der Waals surface area contributed by atoms with Gasteiger partial charge in [-0.1, -0.05) is 6.07 Å². The molecule has 0 spiro atoms. The first kappa shape index (κ1) is 26.1. The van der Waals surface area contributed by atoms with E-state index in [2.05, 4.69) is 31.7 Å². The third kappa shape index (κ3) is 8.04. The lowest BCUT2D eigenvalue weighted by molar-refractivity contribution is -0.193. The second-order valence-corrected chi connectivity index (χ2v) is 7.38. The Morgan fingerprint density at radius 3 is 2.06 bits per heavy atom. The molecule has 0 bridgehead atoms. The summed E-state index contributed by atoms with van der Waals surface area (Å²) >= 11 is 0. The molecule has 1 fully saturated rings. The van der Waals surface area contributed by atoms with Crippen LogP contribution in [0.25, 0.3) is 0 Å². The number of aliphatic carboxylic acids is 2. The lowest BCUT2D eigenvalue weighted by Gasteiger charge is -2.25. The van der Waals surface area contributed by atoms with Crippen LogP contribution < -0.4 is 0 Å². The normalized spacial score (nSPS) is 19.8. The quantitative estimate of drug-likeness (QED) is 0.634. The molecule has 0 saturated carbocycles. The van der Waals surface area contributed by atoms with Gasteiger partial charge < -0.3 is 14.8 Å². The number of carboxylic acids is 2. The van der Waals surface area contributed by atoms with Gasteiger partial charge in [0, 0.05) is 57.4 Å². The molecule has 0 aliphatic carbocycles. The van der Waals surface area contributed by atoms with Crippen LogP contribution in [0.2, 0.25) is 0 Å². The third-order valence-electron chi connectivity index (χ3n) is 4.94. The zero-order chi connectivity index (χ0) is 24.8. The number of aromatic nitrogens is 3. The van der Waals surface area contributed by atoms with Gasteiger partial charge in [0.15, 0.2) is 0 Å². The van der Waals surface area contributed by atoms with Gasteiger partial charge in [0.1, 0.15) is 5.82 Å². The summed E-state index contributed by atoms with van der Waals surface area (Å²) < 4.78 is 65.8. The molecule has 2 aliphatic rings. The topological polar surface area (TPSA) is 109 Å². The number of pyridine rings is 1. The molecule has 0 aromatic carbocycles. The summed E-state index contributed by atoms with van der Waals surface area (Å²) in [6.07, 6.45) is -1.15. The number of halogens is 6. The van der Waals surface area contributed by atoms with Gasteiger partial charge in [0.25, 0.3) is 0 Å². The Labute approximate surface area is 183 Å². The lowest BCUT2D eigenvalue weighted by atomic mass is 9.90. The van der Waals surface area contributed by atoms with Crippen LogP contribution in [0, 0.1) is 11.8 Å². The Bertz CT molecular complexity index is 880. The van der Waals surface area contributed by atoms with E-state index in [1.54, 1.807) is 0 Å². The van der Waals surface area contributed by atoms with E-state index < -0.39 is 24.3 Å². The van der Waals surface area contributed by atoms with Gasteiger partial charge in [-0.15, -0.1) is 0 Å². The van der Waals surface area contributed by atoms with E-state index in [0.717, 1.165) is 31.3 Å². The predicted molar refractivity (Wildman–Crippen MR) is 99.8 cm³/mol. The SMILES string of the molecule is O=C(O)C(F)(F)F.O=C(O)C(F)(F)F.c1cncc(CN2CC3Cc4nccn4CC3C2)c1. The average Bonchev–Trinajstić information content (AvgIpc) is 3.31. The van der Waals surface area contributed by atoms with Crippen LogP contribution >= 0.6 is 0 Å². The van der Waals surface area contributed by atoms with E-state index in [4.69, 9.17) is 19.8 Å². The first-order valence-corrected chi connectivity index (χ1v) is 9.49. The predicted octanol–water partition coefficient (Wildman–Crippen LogP) is 2.85. The monoisotopic (exact) mass is 482 g/mol. The molecule has 1 saturated heterocycles. The van der Waals surface area contributed by atoms with Crippen LogP contribution in [0.15, 0.2) is 36.9 Å². The highest BCUT2D eigenvalue weighted by molar-refractivity contribution is 5.73. The number of likely N-dealkylation sites (tertiary alicyclic amines) is 1. The molecule has 2 aliphatic heterocycles. The summed E-state index contributed by atoms with van der Waals surface area (Å²) in [5, 5.41) is 14.2. The summed E-state index contributed by atoms with van der Waals surface area (Å²) in [6, 6.07) is 4.19. The van der Waals surface area contributed by atoms with Crippen LogP contribution in [0.4, 0.5) is 26.3 Å². The van der Waals surface area contributed by atoms with Crippen LogP contribution in [0.5, 0.6) is 0 Å². The van der Waals surface area contributed by atoms with Crippen molar-refractivity contribution in [3.63, 3.8) is 0 Å². The molecule has 2 atom stereocenters. The maximum absolute atomic E-state index is 10.6. The van der Waals surface area contributed by atoms with Crippen molar-refractivity contribution in [1.29, 1.82) is 0 Å². The fraction of sp³-hybridized carbons (Fsp3) is 0.474. The number of nitrogens with zero attached hydrogens (tertiary/aromatic N) is 4. The van der Waals surface area contributed by atoms with Gasteiger partial charge in [-0.05, 0) is 23.5 Å². The van der Waals surface area contributed by atoms with Crippen molar-refractivity contribution in [3.8, 4) is 0 Å². The molecule has 4 rings (SSSR count). The minimum atomic E-state index is -5.08. The molecule has 2 aromatic heterocycles. The highest BCUT2D eigenvalue weighted by Gasteiger charge is 2.39. The lowest BCUT2D eigenvalue weighted by Crippen LogP contribution is -2.27. The molecule has 14 heteroatoms. The van der Waals surface area contributed by atoms with Gasteiger partial charge in [0.2, 0.25) is 0 Å². The fourth-order valence-electron chi connectivity index (χ4n) is 3.54. The van der Waals surface area contributed by atoms with Crippen molar-refractivity contribution in [2.24, 2.45) is 11.8 Å². The summed E-state index contributed by atoms with van der Waals surface area (Å²) in [7, 11) is 0. The van der Waals surface area contributed by atoms with Crippen LogP contribution in [-0.2, 0) is 29.1 Å². The Balaban J connectivity index is 0.000000230. The molecule has 33 heavy (non-hydrogen) atoms. The number of rotatable bonds is 2. The van der Waals surface area contributed by atoms with Crippen LogP contribution in [-0.4, -0.2) is 67.0 Å². The largest absolute Gasteiger partial charge is 0.490 e. The Kier molecular flexibility index (Phi) is 8.41. The van der Waals surface area contributed by atoms with E-state index >= 15 is 0 Å². The molecule has 2 aromatic rings. The third-order valence-corrected chi connectivity index (χ3v) is 4.94. The molecule has 0 amide bonds. The smallest absolute Gasteiger partial charge is 0.475 e. The first-order valence-electron chi connectivity index (χ1n) is 9.49. The van der Waals surface area contributed by atoms with Crippen molar-refractivity contribution < 1.29 is 46.1 Å². The van der Waals surface area contributed by atoms with Gasteiger partial charge in [0.05, 0.1) is 0 Å².